The molecule has 0 aliphatic heterocycles. The normalized spacial score (nSPS) is 10.6. The second-order valence-corrected chi connectivity index (χ2v) is 5.68. The number of aliphatic hydroxyl groups is 1. The van der Waals surface area contributed by atoms with Crippen molar-refractivity contribution in [3.63, 3.8) is 0 Å². The lowest BCUT2D eigenvalue weighted by molar-refractivity contribution is 0.284. The maximum Gasteiger partial charge on any atom is 0.163 e. The van der Waals surface area contributed by atoms with Gasteiger partial charge in [0.1, 0.15) is 6.61 Å². The lowest BCUT2D eigenvalue weighted by Crippen LogP contribution is -2.17. The van der Waals surface area contributed by atoms with Crippen LogP contribution < -0.4 is 14.8 Å². The van der Waals surface area contributed by atoms with E-state index < -0.39 is 0 Å². The molecule has 0 saturated heterocycles. The monoisotopic (exact) mass is 335 g/mol. The number of aliphatic hydroxyl groups excluding tert-OH is 1. The van der Waals surface area contributed by atoms with Crippen LogP contribution in [0, 0.1) is 6.92 Å². The van der Waals surface area contributed by atoms with Crippen molar-refractivity contribution in [1.29, 1.82) is 0 Å². The quantitative estimate of drug-likeness (QED) is 0.727. The number of hydrogen-bond donors (Lipinski definition) is 2. The Balaban J connectivity index is 2.10. The Kier molecular flexibility index (Phi) is 6.71. The van der Waals surface area contributed by atoms with Gasteiger partial charge in [-0.1, -0.05) is 41.4 Å². The van der Waals surface area contributed by atoms with Crippen LogP contribution in [-0.4, -0.2) is 25.4 Å². The number of hydrogen-bond acceptors (Lipinski definition) is 4. The molecule has 5 heteroatoms. The van der Waals surface area contributed by atoms with Crippen molar-refractivity contribution < 1.29 is 14.6 Å². The molecule has 0 aliphatic carbocycles. The molecule has 0 saturated carbocycles. The van der Waals surface area contributed by atoms with Crippen LogP contribution in [-0.2, 0) is 13.2 Å². The van der Waals surface area contributed by atoms with Crippen molar-refractivity contribution in [3.05, 3.63) is 58.1 Å². The van der Waals surface area contributed by atoms with Gasteiger partial charge >= 0.3 is 0 Å². The fraction of sp³-hybridized carbons (Fsp3) is 0.333. The van der Waals surface area contributed by atoms with Crippen molar-refractivity contribution in [2.24, 2.45) is 0 Å². The smallest absolute Gasteiger partial charge is 0.163 e. The summed E-state index contributed by atoms with van der Waals surface area (Å²) < 4.78 is 11.3. The van der Waals surface area contributed by atoms with E-state index in [1.54, 1.807) is 13.2 Å². The van der Waals surface area contributed by atoms with Gasteiger partial charge in [0.05, 0.1) is 13.7 Å². The Labute approximate surface area is 142 Å². The first-order valence-corrected chi connectivity index (χ1v) is 7.88. The average molecular weight is 336 g/mol. The highest BCUT2D eigenvalue weighted by atomic mass is 35.5. The van der Waals surface area contributed by atoms with Gasteiger partial charge in [-0.05, 0) is 24.1 Å². The molecule has 0 atom stereocenters. The molecule has 0 fully saturated rings. The van der Waals surface area contributed by atoms with Gasteiger partial charge in [0.2, 0.25) is 0 Å². The van der Waals surface area contributed by atoms with Gasteiger partial charge in [0.15, 0.2) is 11.5 Å². The summed E-state index contributed by atoms with van der Waals surface area (Å²) in [7, 11) is 1.60. The van der Waals surface area contributed by atoms with E-state index in [4.69, 9.17) is 26.2 Å². The highest BCUT2D eigenvalue weighted by Gasteiger charge is 2.11. The fourth-order valence-electron chi connectivity index (χ4n) is 2.25. The SMILES string of the molecule is COc1cc(CNCCO)c(Cl)cc1OCc1cccc(C)c1. The molecular formula is C18H22ClNO3. The first-order chi connectivity index (χ1) is 11.1. The number of ether oxygens (including phenoxy) is 2. The number of rotatable bonds is 8. The Bertz CT molecular complexity index is 646. The maximum absolute atomic E-state index is 8.82. The zero-order valence-corrected chi connectivity index (χ0v) is 14.2. The summed E-state index contributed by atoms with van der Waals surface area (Å²) in [5.41, 5.74) is 3.19. The first-order valence-electron chi connectivity index (χ1n) is 7.50. The Morgan fingerprint density at radius 3 is 2.70 bits per heavy atom. The van der Waals surface area contributed by atoms with E-state index in [-0.39, 0.29) is 6.61 Å². The molecule has 0 aromatic heterocycles. The molecule has 0 heterocycles. The van der Waals surface area contributed by atoms with Gasteiger partial charge in [0, 0.05) is 24.2 Å². The molecule has 2 N–H and O–H groups in total. The van der Waals surface area contributed by atoms with Crippen LogP contribution in [0.25, 0.3) is 0 Å². The van der Waals surface area contributed by atoms with Crippen LogP contribution >= 0.6 is 11.6 Å². The molecule has 0 bridgehead atoms. The van der Waals surface area contributed by atoms with Crippen molar-refractivity contribution >= 4 is 11.6 Å². The van der Waals surface area contributed by atoms with Gasteiger partial charge < -0.3 is 19.9 Å². The first kappa shape index (κ1) is 17.6. The van der Waals surface area contributed by atoms with E-state index in [0.29, 0.717) is 36.2 Å². The molecule has 124 valence electrons. The van der Waals surface area contributed by atoms with Crippen molar-refractivity contribution in [3.8, 4) is 11.5 Å². The third-order valence-electron chi connectivity index (χ3n) is 3.41. The zero-order valence-electron chi connectivity index (χ0n) is 13.4. The third-order valence-corrected chi connectivity index (χ3v) is 3.77. The molecule has 0 amide bonds. The maximum atomic E-state index is 8.82. The van der Waals surface area contributed by atoms with Crippen molar-refractivity contribution in [2.75, 3.05) is 20.3 Å². The largest absolute Gasteiger partial charge is 0.493 e. The van der Waals surface area contributed by atoms with Gasteiger partial charge in [-0.15, -0.1) is 0 Å². The highest BCUT2D eigenvalue weighted by Crippen LogP contribution is 2.34. The van der Waals surface area contributed by atoms with Crippen LogP contribution in [0.3, 0.4) is 0 Å². The minimum absolute atomic E-state index is 0.0897. The summed E-state index contributed by atoms with van der Waals surface area (Å²) in [6, 6.07) is 11.8. The summed E-state index contributed by atoms with van der Waals surface area (Å²) in [5, 5.41) is 12.5. The summed E-state index contributed by atoms with van der Waals surface area (Å²) in [5.74, 6) is 1.26. The Hall–Kier alpha value is -1.75. The van der Waals surface area contributed by atoms with Gasteiger partial charge in [0.25, 0.3) is 0 Å². The topological polar surface area (TPSA) is 50.7 Å². The lowest BCUT2D eigenvalue weighted by atomic mass is 10.1. The van der Waals surface area contributed by atoms with Crippen molar-refractivity contribution in [1.82, 2.24) is 5.32 Å². The second kappa shape index (κ2) is 8.77. The van der Waals surface area contributed by atoms with Crippen LogP contribution in [0.4, 0.5) is 0 Å². The van der Waals surface area contributed by atoms with E-state index in [0.717, 1.165) is 11.1 Å². The molecule has 0 aliphatic rings. The fourth-order valence-corrected chi connectivity index (χ4v) is 2.47. The van der Waals surface area contributed by atoms with E-state index >= 15 is 0 Å². The summed E-state index contributed by atoms with van der Waals surface area (Å²) in [6.45, 7) is 3.68. The molecule has 0 spiro atoms. The van der Waals surface area contributed by atoms with Crippen LogP contribution in [0.15, 0.2) is 36.4 Å². The molecule has 2 rings (SSSR count). The average Bonchev–Trinajstić information content (AvgIpc) is 2.54. The summed E-state index contributed by atoms with van der Waals surface area (Å²) >= 11 is 6.31. The minimum atomic E-state index is 0.0897. The molecule has 0 radical (unpaired) electrons. The number of halogens is 1. The lowest BCUT2D eigenvalue weighted by Gasteiger charge is -2.14. The zero-order chi connectivity index (χ0) is 16.7. The minimum Gasteiger partial charge on any atom is -0.493 e. The van der Waals surface area contributed by atoms with E-state index in [1.807, 2.05) is 18.2 Å². The van der Waals surface area contributed by atoms with Gasteiger partial charge in [-0.3, -0.25) is 0 Å². The predicted molar refractivity (Wildman–Crippen MR) is 92.3 cm³/mol. The van der Waals surface area contributed by atoms with Crippen LogP contribution in [0.1, 0.15) is 16.7 Å². The van der Waals surface area contributed by atoms with Crippen LogP contribution in [0.2, 0.25) is 5.02 Å². The standard InChI is InChI=1S/C18H22ClNO3/c1-13-4-3-5-14(8-13)12-23-18-10-16(19)15(9-17(18)22-2)11-20-6-7-21/h3-5,8-10,20-21H,6-7,11-12H2,1-2H3. The highest BCUT2D eigenvalue weighted by molar-refractivity contribution is 6.31. The predicted octanol–water partition coefficient (Wildman–Crippen LogP) is 3.32. The Morgan fingerprint density at radius 1 is 1.17 bits per heavy atom. The molecule has 2 aromatic carbocycles. The van der Waals surface area contributed by atoms with Gasteiger partial charge in [-0.2, -0.15) is 0 Å². The van der Waals surface area contributed by atoms with E-state index in [1.165, 1.54) is 5.56 Å². The number of nitrogens with one attached hydrogen (secondary N) is 1. The summed E-state index contributed by atoms with van der Waals surface area (Å²) in [4.78, 5) is 0. The molecule has 0 unspecified atom stereocenters. The van der Waals surface area contributed by atoms with E-state index in [9.17, 15) is 0 Å². The summed E-state index contributed by atoms with van der Waals surface area (Å²) in [6.07, 6.45) is 0. The number of benzene rings is 2. The van der Waals surface area contributed by atoms with Gasteiger partial charge in [-0.25, -0.2) is 0 Å². The Morgan fingerprint density at radius 2 is 2.00 bits per heavy atom. The number of aryl methyl sites for hydroxylation is 1. The molecule has 2 aromatic rings. The third kappa shape index (κ3) is 5.13. The second-order valence-electron chi connectivity index (χ2n) is 5.27. The molecular weight excluding hydrogens is 314 g/mol. The van der Waals surface area contributed by atoms with E-state index in [2.05, 4.69) is 24.4 Å². The van der Waals surface area contributed by atoms with Crippen molar-refractivity contribution in [2.45, 2.75) is 20.1 Å². The molecule has 4 nitrogen and oxygen atoms in total. The number of methoxy groups -OCH3 is 1. The van der Waals surface area contributed by atoms with Crippen LogP contribution in [0.5, 0.6) is 11.5 Å². The molecule has 23 heavy (non-hydrogen) atoms.